The van der Waals surface area contributed by atoms with Gasteiger partial charge in [-0.05, 0) is 73.2 Å². The molecule has 37 heavy (non-hydrogen) atoms. The average Bonchev–Trinajstić information content (AvgIpc) is 2.92. The minimum absolute atomic E-state index is 0.361. The minimum atomic E-state index is -0.361. The maximum absolute atomic E-state index is 12.7. The molecule has 2 aromatic carbocycles. The van der Waals surface area contributed by atoms with Gasteiger partial charge in [-0.15, -0.1) is 0 Å². The summed E-state index contributed by atoms with van der Waals surface area (Å²) in [4.78, 5) is 21.8. The van der Waals surface area contributed by atoms with Gasteiger partial charge in [-0.3, -0.25) is 0 Å². The van der Waals surface area contributed by atoms with E-state index in [9.17, 15) is 4.79 Å². The quantitative estimate of drug-likeness (QED) is 0.0986. The maximum atomic E-state index is 12.7. The summed E-state index contributed by atoms with van der Waals surface area (Å²) in [5.41, 5.74) is 3.85. The Labute approximate surface area is 231 Å². The molecular weight excluding hydrogens is 524 g/mol. The predicted molar refractivity (Wildman–Crippen MR) is 156 cm³/mol. The summed E-state index contributed by atoms with van der Waals surface area (Å²) in [6, 6.07) is 13.1. The summed E-state index contributed by atoms with van der Waals surface area (Å²) < 4.78 is 6.58. The fourth-order valence-corrected chi connectivity index (χ4v) is 4.95. The molecule has 0 aliphatic carbocycles. The molecule has 0 bridgehead atoms. The third kappa shape index (κ3) is 10.0. The zero-order valence-electron chi connectivity index (χ0n) is 22.5. The molecule has 198 valence electrons. The molecule has 4 nitrogen and oxygen atoms in total. The standard InChI is InChI=1S/C32H41BrN2O2/c1-3-5-7-9-10-11-13-15-26-16-17-28(22-30(26)33)32(36)37-29-20-18-27(19-21-29)31-34-23-25(24-35-31)14-12-8-6-4-2/h16-24H,3-15H2,1-2H3. The van der Waals surface area contributed by atoms with Crippen molar-refractivity contribution >= 4 is 21.9 Å². The number of benzene rings is 2. The minimum Gasteiger partial charge on any atom is -0.423 e. The van der Waals surface area contributed by atoms with Crippen LogP contribution in [0.25, 0.3) is 11.4 Å². The van der Waals surface area contributed by atoms with E-state index in [-0.39, 0.29) is 5.97 Å². The first-order chi connectivity index (χ1) is 18.1. The fourth-order valence-electron chi connectivity index (χ4n) is 4.38. The molecule has 0 fully saturated rings. The van der Waals surface area contributed by atoms with Crippen LogP contribution in [0.5, 0.6) is 5.75 Å². The van der Waals surface area contributed by atoms with Gasteiger partial charge in [-0.1, -0.05) is 93.6 Å². The average molecular weight is 566 g/mol. The summed E-state index contributed by atoms with van der Waals surface area (Å²) in [7, 11) is 0. The molecule has 0 radical (unpaired) electrons. The number of unbranched alkanes of at least 4 members (excludes halogenated alkanes) is 9. The Bertz CT molecular complexity index is 1080. The lowest BCUT2D eigenvalue weighted by molar-refractivity contribution is 0.0734. The molecule has 0 amide bonds. The maximum Gasteiger partial charge on any atom is 0.343 e. The molecule has 0 saturated heterocycles. The lowest BCUT2D eigenvalue weighted by Gasteiger charge is -2.09. The van der Waals surface area contributed by atoms with E-state index in [1.807, 2.05) is 42.7 Å². The van der Waals surface area contributed by atoms with Gasteiger partial charge in [-0.2, -0.15) is 0 Å². The first-order valence-electron chi connectivity index (χ1n) is 14.0. The number of aryl methyl sites for hydroxylation is 2. The smallest absolute Gasteiger partial charge is 0.343 e. The molecule has 3 aromatic rings. The van der Waals surface area contributed by atoms with Gasteiger partial charge in [0.2, 0.25) is 0 Å². The molecule has 0 unspecified atom stereocenters. The molecule has 0 N–H and O–H groups in total. The molecule has 0 aliphatic heterocycles. The van der Waals surface area contributed by atoms with Crippen molar-refractivity contribution < 1.29 is 9.53 Å². The highest BCUT2D eigenvalue weighted by atomic mass is 79.9. The van der Waals surface area contributed by atoms with Crippen LogP contribution in [0, 0.1) is 0 Å². The van der Waals surface area contributed by atoms with Crippen LogP contribution in [0.2, 0.25) is 0 Å². The molecule has 1 heterocycles. The second-order valence-corrected chi connectivity index (χ2v) is 10.7. The molecule has 0 aliphatic rings. The van der Waals surface area contributed by atoms with Gasteiger partial charge < -0.3 is 4.74 Å². The summed E-state index contributed by atoms with van der Waals surface area (Å²) in [6.07, 6.45) is 19.8. The largest absolute Gasteiger partial charge is 0.423 e. The van der Waals surface area contributed by atoms with E-state index in [0.29, 0.717) is 17.1 Å². The van der Waals surface area contributed by atoms with Crippen molar-refractivity contribution in [3.8, 4) is 17.1 Å². The van der Waals surface area contributed by atoms with Crippen LogP contribution in [0.1, 0.15) is 106 Å². The van der Waals surface area contributed by atoms with Crippen LogP contribution in [0.15, 0.2) is 59.3 Å². The zero-order chi connectivity index (χ0) is 26.3. The van der Waals surface area contributed by atoms with Gasteiger partial charge in [0.25, 0.3) is 0 Å². The van der Waals surface area contributed by atoms with Crippen molar-refractivity contribution in [2.45, 2.75) is 97.3 Å². The zero-order valence-corrected chi connectivity index (χ0v) is 24.1. The lowest BCUT2D eigenvalue weighted by Crippen LogP contribution is -2.08. The normalized spacial score (nSPS) is 11.0. The van der Waals surface area contributed by atoms with Crippen molar-refractivity contribution in [3.63, 3.8) is 0 Å². The van der Waals surface area contributed by atoms with Crippen molar-refractivity contribution in [3.05, 3.63) is 76.0 Å². The highest BCUT2D eigenvalue weighted by molar-refractivity contribution is 9.10. The number of carbonyl (C=O) groups is 1. The topological polar surface area (TPSA) is 52.1 Å². The van der Waals surface area contributed by atoms with Crippen molar-refractivity contribution in [1.82, 2.24) is 9.97 Å². The highest BCUT2D eigenvalue weighted by Gasteiger charge is 2.12. The van der Waals surface area contributed by atoms with Gasteiger partial charge >= 0.3 is 5.97 Å². The highest BCUT2D eigenvalue weighted by Crippen LogP contribution is 2.24. The number of halogens is 1. The molecule has 3 rings (SSSR count). The summed E-state index contributed by atoms with van der Waals surface area (Å²) >= 11 is 3.64. The Balaban J connectivity index is 1.48. The summed E-state index contributed by atoms with van der Waals surface area (Å²) in [5.74, 6) is 0.819. The van der Waals surface area contributed by atoms with Crippen LogP contribution >= 0.6 is 15.9 Å². The Morgan fingerprint density at radius 1 is 0.757 bits per heavy atom. The van der Waals surface area contributed by atoms with Crippen LogP contribution in [-0.4, -0.2) is 15.9 Å². The van der Waals surface area contributed by atoms with Gasteiger partial charge in [0.1, 0.15) is 5.75 Å². The molecule has 1 aromatic heterocycles. The van der Waals surface area contributed by atoms with E-state index < -0.39 is 0 Å². The van der Waals surface area contributed by atoms with Crippen LogP contribution in [0.4, 0.5) is 0 Å². The number of hydrogen-bond donors (Lipinski definition) is 0. The molecule has 0 atom stereocenters. The van der Waals surface area contributed by atoms with E-state index in [0.717, 1.165) is 22.9 Å². The van der Waals surface area contributed by atoms with Gasteiger partial charge in [0, 0.05) is 22.4 Å². The van der Waals surface area contributed by atoms with Crippen LogP contribution < -0.4 is 4.74 Å². The van der Waals surface area contributed by atoms with Gasteiger partial charge in [0.05, 0.1) is 5.56 Å². The second-order valence-electron chi connectivity index (χ2n) is 9.82. The monoisotopic (exact) mass is 564 g/mol. The predicted octanol–water partition coefficient (Wildman–Crippen LogP) is 9.54. The van der Waals surface area contributed by atoms with E-state index in [2.05, 4.69) is 39.7 Å². The Kier molecular flexibility index (Phi) is 12.8. The second kappa shape index (κ2) is 16.3. The number of rotatable bonds is 16. The van der Waals surface area contributed by atoms with Crippen LogP contribution in [0.3, 0.4) is 0 Å². The van der Waals surface area contributed by atoms with Crippen molar-refractivity contribution in [2.75, 3.05) is 0 Å². The number of nitrogens with zero attached hydrogens (tertiary/aromatic N) is 2. The number of esters is 1. The van der Waals surface area contributed by atoms with Crippen LogP contribution in [-0.2, 0) is 12.8 Å². The first-order valence-corrected chi connectivity index (χ1v) is 14.8. The SMILES string of the molecule is CCCCCCCCCc1ccc(C(=O)Oc2ccc(-c3ncc(CCCCCC)cn3)cc2)cc1Br. The molecular formula is C32H41BrN2O2. The number of aromatic nitrogens is 2. The molecule has 0 saturated carbocycles. The Morgan fingerprint density at radius 3 is 2.00 bits per heavy atom. The Morgan fingerprint density at radius 2 is 1.35 bits per heavy atom. The molecule has 5 heteroatoms. The van der Waals surface area contributed by atoms with E-state index in [4.69, 9.17) is 4.74 Å². The van der Waals surface area contributed by atoms with Gasteiger partial charge in [0.15, 0.2) is 5.82 Å². The Hall–Kier alpha value is -2.53. The van der Waals surface area contributed by atoms with Gasteiger partial charge in [-0.25, -0.2) is 14.8 Å². The number of hydrogen-bond acceptors (Lipinski definition) is 4. The summed E-state index contributed by atoms with van der Waals surface area (Å²) in [5, 5.41) is 0. The number of ether oxygens (including phenoxy) is 1. The summed E-state index contributed by atoms with van der Waals surface area (Å²) in [6.45, 7) is 4.47. The van der Waals surface area contributed by atoms with E-state index >= 15 is 0 Å². The van der Waals surface area contributed by atoms with E-state index in [1.54, 1.807) is 12.1 Å². The third-order valence-electron chi connectivity index (χ3n) is 6.69. The first kappa shape index (κ1) is 29.0. The molecule has 0 spiro atoms. The van der Waals surface area contributed by atoms with E-state index in [1.165, 1.54) is 81.8 Å². The third-order valence-corrected chi connectivity index (χ3v) is 7.42. The van der Waals surface area contributed by atoms with Crippen molar-refractivity contribution in [1.29, 1.82) is 0 Å². The van der Waals surface area contributed by atoms with Crippen molar-refractivity contribution in [2.24, 2.45) is 0 Å². The number of carbonyl (C=O) groups excluding carboxylic acids is 1. The lowest BCUT2D eigenvalue weighted by atomic mass is 10.0. The fraction of sp³-hybridized carbons (Fsp3) is 0.469.